The van der Waals surface area contributed by atoms with Crippen molar-refractivity contribution in [2.24, 2.45) is 0 Å². The van der Waals surface area contributed by atoms with Crippen LogP contribution in [0.5, 0.6) is 0 Å². The Balaban J connectivity index is 2.48. The second-order valence-corrected chi connectivity index (χ2v) is 2.97. The summed E-state index contributed by atoms with van der Waals surface area (Å²) in [6, 6.07) is 0. The number of hydrogen-bond acceptors (Lipinski definition) is 4. The van der Waals surface area contributed by atoms with Gasteiger partial charge < -0.3 is 10.1 Å². The van der Waals surface area contributed by atoms with Crippen molar-refractivity contribution in [2.75, 3.05) is 0 Å². The van der Waals surface area contributed by atoms with Gasteiger partial charge in [0, 0.05) is 6.42 Å². The highest BCUT2D eigenvalue weighted by Gasteiger charge is 2.07. The van der Waals surface area contributed by atoms with Crippen LogP contribution in [0.2, 0.25) is 0 Å². The van der Waals surface area contributed by atoms with Crippen molar-refractivity contribution < 1.29 is 5.11 Å². The molecule has 2 aromatic heterocycles. The van der Waals surface area contributed by atoms with Gasteiger partial charge in [0.15, 0.2) is 5.65 Å². The zero-order valence-electron chi connectivity index (χ0n) is 7.23. The zero-order valence-corrected chi connectivity index (χ0v) is 7.23. The first-order valence-electron chi connectivity index (χ1n) is 4.08. The van der Waals surface area contributed by atoms with Crippen molar-refractivity contribution >= 4 is 11.2 Å². The Morgan fingerprint density at radius 1 is 1.46 bits per heavy atom. The maximum Gasteiger partial charge on any atom is 0.180 e. The van der Waals surface area contributed by atoms with E-state index in [9.17, 15) is 5.11 Å². The van der Waals surface area contributed by atoms with E-state index in [1.54, 1.807) is 13.3 Å². The van der Waals surface area contributed by atoms with Gasteiger partial charge in [0.1, 0.15) is 11.8 Å². The lowest BCUT2D eigenvalue weighted by Gasteiger charge is -2.02. The van der Waals surface area contributed by atoms with E-state index < -0.39 is 6.10 Å². The molecule has 1 unspecified atom stereocenters. The number of aromatic nitrogens is 4. The number of aromatic amines is 1. The third kappa shape index (κ3) is 1.50. The molecule has 2 rings (SSSR count). The van der Waals surface area contributed by atoms with Crippen LogP contribution in [0.15, 0.2) is 12.7 Å². The zero-order chi connectivity index (χ0) is 9.26. The molecule has 2 aromatic rings. The highest BCUT2D eigenvalue weighted by atomic mass is 16.3. The Kier molecular flexibility index (Phi) is 1.94. The fourth-order valence-corrected chi connectivity index (χ4v) is 1.25. The Labute approximate surface area is 74.9 Å². The molecule has 0 aliphatic rings. The molecule has 0 spiro atoms. The second-order valence-electron chi connectivity index (χ2n) is 2.97. The summed E-state index contributed by atoms with van der Waals surface area (Å²) < 4.78 is 0. The van der Waals surface area contributed by atoms with Gasteiger partial charge in [-0.15, -0.1) is 0 Å². The Bertz CT molecular complexity index is 409. The van der Waals surface area contributed by atoms with Gasteiger partial charge >= 0.3 is 0 Å². The summed E-state index contributed by atoms with van der Waals surface area (Å²) in [5, 5.41) is 9.21. The Morgan fingerprint density at radius 3 is 3.08 bits per heavy atom. The molecule has 2 heterocycles. The van der Waals surface area contributed by atoms with Gasteiger partial charge in [-0.2, -0.15) is 0 Å². The fraction of sp³-hybridized carbons (Fsp3) is 0.375. The average Bonchev–Trinajstić information content (AvgIpc) is 2.51. The molecule has 0 bridgehead atoms. The first-order chi connectivity index (χ1) is 6.27. The minimum absolute atomic E-state index is 0.401. The number of aliphatic hydroxyl groups excluding tert-OH is 1. The average molecular weight is 178 g/mol. The standard InChI is InChI=1S/C8H10N4O/c1-5(13)2-6-7-8(11-3-9-6)12-4-10-7/h3-5,13H,2H2,1H3,(H,9,10,11,12). The summed E-state index contributed by atoms with van der Waals surface area (Å²) in [6.07, 6.45) is 3.15. The molecule has 5 heteroatoms. The smallest absolute Gasteiger partial charge is 0.180 e. The van der Waals surface area contributed by atoms with Crippen LogP contribution in [-0.2, 0) is 6.42 Å². The lowest BCUT2D eigenvalue weighted by atomic mass is 10.2. The predicted molar refractivity (Wildman–Crippen MR) is 47.1 cm³/mol. The minimum Gasteiger partial charge on any atom is -0.393 e. The summed E-state index contributed by atoms with van der Waals surface area (Å²) in [5.41, 5.74) is 2.26. The molecule has 1 atom stereocenters. The maximum atomic E-state index is 9.21. The van der Waals surface area contributed by atoms with Gasteiger partial charge in [0.2, 0.25) is 0 Å². The van der Waals surface area contributed by atoms with Gasteiger partial charge in [-0.3, -0.25) is 0 Å². The van der Waals surface area contributed by atoms with E-state index in [0.717, 1.165) is 11.2 Å². The van der Waals surface area contributed by atoms with Crippen molar-refractivity contribution in [3.05, 3.63) is 18.3 Å². The molecule has 0 saturated heterocycles. The monoisotopic (exact) mass is 178 g/mol. The summed E-state index contributed by atoms with van der Waals surface area (Å²) >= 11 is 0. The van der Waals surface area contributed by atoms with Crippen LogP contribution in [0.25, 0.3) is 11.2 Å². The number of rotatable bonds is 2. The van der Waals surface area contributed by atoms with Crippen LogP contribution in [0.1, 0.15) is 12.6 Å². The van der Waals surface area contributed by atoms with Gasteiger partial charge in [0.25, 0.3) is 0 Å². The molecule has 13 heavy (non-hydrogen) atoms. The van der Waals surface area contributed by atoms with Crippen LogP contribution in [-0.4, -0.2) is 31.1 Å². The van der Waals surface area contributed by atoms with Crippen molar-refractivity contribution in [1.82, 2.24) is 19.9 Å². The molecule has 0 radical (unpaired) electrons. The van der Waals surface area contributed by atoms with E-state index in [2.05, 4.69) is 19.9 Å². The van der Waals surface area contributed by atoms with Crippen LogP contribution < -0.4 is 0 Å². The van der Waals surface area contributed by atoms with E-state index in [-0.39, 0.29) is 0 Å². The van der Waals surface area contributed by atoms with Gasteiger partial charge in [-0.25, -0.2) is 15.0 Å². The normalized spacial score (nSPS) is 13.4. The lowest BCUT2D eigenvalue weighted by Crippen LogP contribution is -2.06. The molecule has 0 fully saturated rings. The molecular weight excluding hydrogens is 168 g/mol. The Morgan fingerprint density at radius 2 is 2.31 bits per heavy atom. The first kappa shape index (κ1) is 8.12. The highest BCUT2D eigenvalue weighted by Crippen LogP contribution is 2.10. The predicted octanol–water partition coefficient (Wildman–Crippen LogP) is 0.276. The third-order valence-electron chi connectivity index (χ3n) is 1.79. The molecule has 2 N–H and O–H groups in total. The number of imidazole rings is 1. The van der Waals surface area contributed by atoms with Crippen LogP contribution in [0.4, 0.5) is 0 Å². The van der Waals surface area contributed by atoms with E-state index in [0.29, 0.717) is 12.1 Å². The largest absolute Gasteiger partial charge is 0.393 e. The van der Waals surface area contributed by atoms with E-state index in [1.165, 1.54) is 6.33 Å². The van der Waals surface area contributed by atoms with Crippen LogP contribution in [0.3, 0.4) is 0 Å². The van der Waals surface area contributed by atoms with Gasteiger partial charge in [-0.1, -0.05) is 0 Å². The van der Waals surface area contributed by atoms with Crippen LogP contribution >= 0.6 is 0 Å². The van der Waals surface area contributed by atoms with Crippen molar-refractivity contribution in [3.63, 3.8) is 0 Å². The second kappa shape index (κ2) is 3.10. The molecule has 0 aromatic carbocycles. The number of hydrogen-bond donors (Lipinski definition) is 2. The van der Waals surface area contributed by atoms with Gasteiger partial charge in [0.05, 0.1) is 18.1 Å². The van der Waals surface area contributed by atoms with Crippen molar-refractivity contribution in [1.29, 1.82) is 0 Å². The third-order valence-corrected chi connectivity index (χ3v) is 1.79. The summed E-state index contributed by atoms with van der Waals surface area (Å²) in [6.45, 7) is 1.73. The number of nitrogens with one attached hydrogen (secondary N) is 1. The molecule has 0 amide bonds. The molecule has 0 saturated carbocycles. The first-order valence-corrected chi connectivity index (χ1v) is 4.08. The molecule has 0 aliphatic heterocycles. The SMILES string of the molecule is CC(O)Cc1ncnc2nc[nH]c12. The Hall–Kier alpha value is -1.49. The van der Waals surface area contributed by atoms with Crippen molar-refractivity contribution in [2.45, 2.75) is 19.4 Å². The highest BCUT2D eigenvalue weighted by molar-refractivity contribution is 5.71. The number of fused-ring (bicyclic) bond motifs is 1. The topological polar surface area (TPSA) is 74.7 Å². The number of H-pyrrole nitrogens is 1. The quantitative estimate of drug-likeness (QED) is 0.692. The summed E-state index contributed by atoms with van der Waals surface area (Å²) in [5.74, 6) is 0. The van der Waals surface area contributed by atoms with E-state index in [1.807, 2.05) is 0 Å². The molecule has 5 nitrogen and oxygen atoms in total. The lowest BCUT2D eigenvalue weighted by molar-refractivity contribution is 0.194. The molecule has 0 aliphatic carbocycles. The summed E-state index contributed by atoms with van der Waals surface area (Å²) in [4.78, 5) is 15.0. The number of nitrogens with zero attached hydrogens (tertiary/aromatic N) is 3. The maximum absolute atomic E-state index is 9.21. The minimum atomic E-state index is -0.401. The molecular formula is C8H10N4O. The van der Waals surface area contributed by atoms with Gasteiger partial charge in [-0.05, 0) is 6.92 Å². The fourth-order valence-electron chi connectivity index (χ4n) is 1.25. The summed E-state index contributed by atoms with van der Waals surface area (Å²) in [7, 11) is 0. The van der Waals surface area contributed by atoms with Crippen molar-refractivity contribution in [3.8, 4) is 0 Å². The van der Waals surface area contributed by atoms with Crippen LogP contribution in [0, 0.1) is 0 Å². The molecule has 68 valence electrons. The van der Waals surface area contributed by atoms with E-state index >= 15 is 0 Å². The van der Waals surface area contributed by atoms with E-state index in [4.69, 9.17) is 0 Å². The number of aliphatic hydroxyl groups is 1.